The van der Waals surface area contributed by atoms with Crippen LogP contribution >= 0.6 is 0 Å². The maximum atomic E-state index is 13.3. The Bertz CT molecular complexity index is 591. The Hall–Kier alpha value is -1.74. The van der Waals surface area contributed by atoms with Crippen molar-refractivity contribution in [3.8, 4) is 0 Å². The fraction of sp³-hybridized carbons (Fsp3) is 0.294. The van der Waals surface area contributed by atoms with Crippen molar-refractivity contribution in [2.75, 3.05) is 13.1 Å². The van der Waals surface area contributed by atoms with E-state index in [-0.39, 0.29) is 5.41 Å². The summed E-state index contributed by atoms with van der Waals surface area (Å²) in [5.74, 6) is -1.54. The van der Waals surface area contributed by atoms with Crippen LogP contribution in [-0.2, 0) is 12.8 Å². The fourth-order valence-corrected chi connectivity index (χ4v) is 2.90. The second-order valence-corrected chi connectivity index (χ2v) is 5.69. The number of nitrogens with one attached hydrogen (secondary N) is 1. The van der Waals surface area contributed by atoms with E-state index in [0.717, 1.165) is 31.5 Å². The van der Waals surface area contributed by atoms with Gasteiger partial charge in [-0.05, 0) is 36.1 Å². The van der Waals surface area contributed by atoms with Gasteiger partial charge in [0.15, 0.2) is 11.6 Å². The SMILES string of the molecule is Fc1ccc(CC2(Cc3ccccc3)CNC2)cc1F. The van der Waals surface area contributed by atoms with E-state index in [2.05, 4.69) is 17.4 Å². The first-order valence-corrected chi connectivity index (χ1v) is 6.86. The lowest BCUT2D eigenvalue weighted by Gasteiger charge is -2.43. The zero-order valence-corrected chi connectivity index (χ0v) is 11.2. The molecule has 0 radical (unpaired) electrons. The number of halogens is 2. The van der Waals surface area contributed by atoms with Crippen molar-refractivity contribution in [3.05, 3.63) is 71.3 Å². The Labute approximate surface area is 117 Å². The molecule has 1 saturated heterocycles. The number of hydrogen-bond donors (Lipinski definition) is 1. The van der Waals surface area contributed by atoms with E-state index in [1.165, 1.54) is 17.7 Å². The van der Waals surface area contributed by atoms with Crippen LogP contribution in [0.25, 0.3) is 0 Å². The molecule has 1 fully saturated rings. The third-order valence-corrected chi connectivity index (χ3v) is 3.99. The lowest BCUT2D eigenvalue weighted by atomic mass is 9.72. The smallest absolute Gasteiger partial charge is 0.159 e. The average Bonchev–Trinajstić information content (AvgIpc) is 2.41. The summed E-state index contributed by atoms with van der Waals surface area (Å²) in [4.78, 5) is 0. The third kappa shape index (κ3) is 2.73. The first kappa shape index (κ1) is 13.3. The molecule has 20 heavy (non-hydrogen) atoms. The van der Waals surface area contributed by atoms with E-state index in [4.69, 9.17) is 0 Å². The normalized spacial score (nSPS) is 16.7. The van der Waals surface area contributed by atoms with Crippen LogP contribution in [0.15, 0.2) is 48.5 Å². The molecule has 104 valence electrons. The molecular formula is C17H17F2N. The Morgan fingerprint density at radius 3 is 2.15 bits per heavy atom. The van der Waals surface area contributed by atoms with Crippen molar-refractivity contribution in [1.82, 2.24) is 5.32 Å². The molecule has 1 nitrogen and oxygen atoms in total. The highest BCUT2D eigenvalue weighted by atomic mass is 19.2. The predicted octanol–water partition coefficient (Wildman–Crippen LogP) is 3.34. The molecule has 2 aromatic carbocycles. The van der Waals surface area contributed by atoms with E-state index in [1.807, 2.05) is 18.2 Å². The van der Waals surface area contributed by atoms with Gasteiger partial charge in [0.2, 0.25) is 0 Å². The molecule has 0 aliphatic carbocycles. The zero-order chi connectivity index (χ0) is 14.0. The molecule has 0 saturated carbocycles. The van der Waals surface area contributed by atoms with Gasteiger partial charge in [-0.3, -0.25) is 0 Å². The third-order valence-electron chi connectivity index (χ3n) is 3.99. The topological polar surface area (TPSA) is 12.0 Å². The van der Waals surface area contributed by atoms with Crippen LogP contribution in [0.2, 0.25) is 0 Å². The van der Waals surface area contributed by atoms with Crippen molar-refractivity contribution in [1.29, 1.82) is 0 Å². The van der Waals surface area contributed by atoms with Crippen molar-refractivity contribution < 1.29 is 8.78 Å². The molecule has 0 spiro atoms. The minimum absolute atomic E-state index is 0.117. The molecule has 0 atom stereocenters. The molecule has 1 aliphatic rings. The summed E-state index contributed by atoms with van der Waals surface area (Å²) in [6.07, 6.45) is 1.73. The van der Waals surface area contributed by atoms with Gasteiger partial charge in [0.25, 0.3) is 0 Å². The Balaban J connectivity index is 1.77. The van der Waals surface area contributed by atoms with E-state index >= 15 is 0 Å². The molecular weight excluding hydrogens is 256 g/mol. The molecule has 3 heteroatoms. The predicted molar refractivity (Wildman–Crippen MR) is 75.5 cm³/mol. The number of hydrogen-bond acceptors (Lipinski definition) is 1. The lowest BCUT2D eigenvalue weighted by Crippen LogP contribution is -2.56. The van der Waals surface area contributed by atoms with Crippen LogP contribution < -0.4 is 5.32 Å². The summed E-state index contributed by atoms with van der Waals surface area (Å²) >= 11 is 0. The highest BCUT2D eigenvalue weighted by Crippen LogP contribution is 2.32. The molecule has 0 bridgehead atoms. The van der Waals surface area contributed by atoms with Gasteiger partial charge in [0, 0.05) is 18.5 Å². The molecule has 0 amide bonds. The fourth-order valence-electron chi connectivity index (χ4n) is 2.90. The first-order valence-electron chi connectivity index (χ1n) is 6.86. The van der Waals surface area contributed by atoms with E-state index in [9.17, 15) is 8.78 Å². The molecule has 2 aromatic rings. The van der Waals surface area contributed by atoms with Gasteiger partial charge < -0.3 is 5.32 Å². The van der Waals surface area contributed by atoms with Gasteiger partial charge in [-0.2, -0.15) is 0 Å². The minimum Gasteiger partial charge on any atom is -0.315 e. The lowest BCUT2D eigenvalue weighted by molar-refractivity contribution is 0.166. The van der Waals surface area contributed by atoms with Gasteiger partial charge in [-0.15, -0.1) is 0 Å². The van der Waals surface area contributed by atoms with Crippen LogP contribution in [0.5, 0.6) is 0 Å². The van der Waals surface area contributed by atoms with E-state index in [0.29, 0.717) is 0 Å². The second-order valence-electron chi connectivity index (χ2n) is 5.69. The second kappa shape index (κ2) is 5.33. The van der Waals surface area contributed by atoms with Crippen molar-refractivity contribution >= 4 is 0 Å². The van der Waals surface area contributed by atoms with Gasteiger partial charge in [0.1, 0.15) is 0 Å². The average molecular weight is 273 g/mol. The number of benzene rings is 2. The maximum Gasteiger partial charge on any atom is 0.159 e. The Morgan fingerprint density at radius 1 is 0.850 bits per heavy atom. The summed E-state index contributed by atoms with van der Waals surface area (Å²) in [6.45, 7) is 1.84. The van der Waals surface area contributed by atoms with Crippen LogP contribution in [0.3, 0.4) is 0 Å². The van der Waals surface area contributed by atoms with Gasteiger partial charge >= 0.3 is 0 Å². The van der Waals surface area contributed by atoms with Crippen molar-refractivity contribution in [3.63, 3.8) is 0 Å². The quantitative estimate of drug-likeness (QED) is 0.901. The van der Waals surface area contributed by atoms with Gasteiger partial charge in [-0.25, -0.2) is 8.78 Å². The minimum atomic E-state index is -0.780. The molecule has 0 aromatic heterocycles. The standard InChI is InChI=1S/C17H17F2N/c18-15-7-6-14(8-16(15)19)10-17(11-20-12-17)9-13-4-2-1-3-5-13/h1-8,20H,9-12H2. The highest BCUT2D eigenvalue weighted by molar-refractivity contribution is 5.24. The maximum absolute atomic E-state index is 13.3. The van der Waals surface area contributed by atoms with Crippen LogP contribution in [0, 0.1) is 17.0 Å². The highest BCUT2D eigenvalue weighted by Gasteiger charge is 2.37. The van der Waals surface area contributed by atoms with Crippen LogP contribution in [-0.4, -0.2) is 13.1 Å². The summed E-state index contributed by atoms with van der Waals surface area (Å²) in [5.41, 5.74) is 2.27. The molecule has 1 aliphatic heterocycles. The van der Waals surface area contributed by atoms with Crippen molar-refractivity contribution in [2.24, 2.45) is 5.41 Å². The van der Waals surface area contributed by atoms with Gasteiger partial charge in [-0.1, -0.05) is 36.4 Å². The zero-order valence-electron chi connectivity index (χ0n) is 11.2. The molecule has 0 unspecified atom stereocenters. The Morgan fingerprint density at radius 2 is 1.55 bits per heavy atom. The molecule has 1 N–H and O–H groups in total. The summed E-state index contributed by atoms with van der Waals surface area (Å²) < 4.78 is 26.3. The summed E-state index contributed by atoms with van der Waals surface area (Å²) in [7, 11) is 0. The molecule has 1 heterocycles. The van der Waals surface area contributed by atoms with Crippen LogP contribution in [0.4, 0.5) is 8.78 Å². The largest absolute Gasteiger partial charge is 0.315 e. The number of rotatable bonds is 4. The van der Waals surface area contributed by atoms with E-state index < -0.39 is 11.6 Å². The van der Waals surface area contributed by atoms with Crippen molar-refractivity contribution in [2.45, 2.75) is 12.8 Å². The summed E-state index contributed by atoms with van der Waals surface area (Å²) in [5, 5.41) is 3.30. The molecule has 3 rings (SSSR count). The first-order chi connectivity index (χ1) is 9.67. The monoisotopic (exact) mass is 273 g/mol. The summed E-state index contributed by atoms with van der Waals surface area (Å²) in [6, 6.07) is 14.5. The van der Waals surface area contributed by atoms with E-state index in [1.54, 1.807) is 6.07 Å². The van der Waals surface area contributed by atoms with Crippen LogP contribution in [0.1, 0.15) is 11.1 Å². The Kier molecular flexibility index (Phi) is 3.53. The van der Waals surface area contributed by atoms with Gasteiger partial charge in [0.05, 0.1) is 0 Å².